The van der Waals surface area contributed by atoms with E-state index in [0.29, 0.717) is 18.6 Å². The molecule has 1 rings (SSSR count). The van der Waals surface area contributed by atoms with Crippen LogP contribution in [0.5, 0.6) is 17.2 Å². The molecule has 0 fully saturated rings. The first-order valence-corrected chi connectivity index (χ1v) is 7.96. The van der Waals surface area contributed by atoms with Gasteiger partial charge in [-0.05, 0) is 30.9 Å². The van der Waals surface area contributed by atoms with Gasteiger partial charge in [0.15, 0.2) is 11.5 Å². The van der Waals surface area contributed by atoms with Crippen molar-refractivity contribution in [1.82, 2.24) is 0 Å². The molecule has 0 aliphatic rings. The molecule has 0 bridgehead atoms. The highest BCUT2D eigenvalue weighted by Crippen LogP contribution is 2.39. The van der Waals surface area contributed by atoms with Crippen LogP contribution >= 0.6 is 0 Å². The lowest BCUT2D eigenvalue weighted by atomic mass is 10.0. The van der Waals surface area contributed by atoms with Gasteiger partial charge < -0.3 is 20.1 Å². The molecular weight excluding hydrogens is 284 g/mol. The van der Waals surface area contributed by atoms with Crippen molar-refractivity contribution >= 4 is 5.97 Å². The van der Waals surface area contributed by atoms with Gasteiger partial charge >= 0.3 is 5.97 Å². The summed E-state index contributed by atoms with van der Waals surface area (Å²) in [5.74, 6) is -2.16. The molecule has 1 aromatic carbocycles. The van der Waals surface area contributed by atoms with Gasteiger partial charge in [0.25, 0.3) is 0 Å². The second-order valence-corrected chi connectivity index (χ2v) is 5.43. The summed E-state index contributed by atoms with van der Waals surface area (Å²) in [5.41, 5.74) is 0.287. The van der Waals surface area contributed by atoms with Crippen molar-refractivity contribution in [1.29, 1.82) is 0 Å². The molecule has 0 aromatic heterocycles. The molecule has 124 valence electrons. The van der Waals surface area contributed by atoms with Crippen LogP contribution in [0.25, 0.3) is 0 Å². The summed E-state index contributed by atoms with van der Waals surface area (Å²) < 4.78 is 5.54. The number of aryl methyl sites for hydroxylation is 1. The molecule has 0 saturated heterocycles. The zero-order valence-electron chi connectivity index (χ0n) is 13.4. The molecule has 0 unspecified atom stereocenters. The number of rotatable bonds is 10. The number of ether oxygens (including phenoxy) is 1. The number of aromatic carboxylic acids is 1. The number of aromatic hydroxyl groups is 2. The van der Waals surface area contributed by atoms with Crippen molar-refractivity contribution in [3.05, 3.63) is 17.2 Å². The van der Waals surface area contributed by atoms with Gasteiger partial charge in [0, 0.05) is 0 Å². The monoisotopic (exact) mass is 310 g/mol. The number of unbranched alkanes of at least 4 members (excludes halogenated alkanes) is 4. The topological polar surface area (TPSA) is 87.0 Å². The van der Waals surface area contributed by atoms with E-state index in [2.05, 4.69) is 6.92 Å². The Hall–Kier alpha value is -1.91. The fourth-order valence-electron chi connectivity index (χ4n) is 2.37. The quantitative estimate of drug-likeness (QED) is 0.447. The fourth-order valence-corrected chi connectivity index (χ4v) is 2.37. The van der Waals surface area contributed by atoms with Crippen LogP contribution in [0.15, 0.2) is 6.07 Å². The molecule has 0 radical (unpaired) electrons. The predicted molar refractivity (Wildman–Crippen MR) is 85.0 cm³/mol. The van der Waals surface area contributed by atoms with Gasteiger partial charge in [-0.3, -0.25) is 0 Å². The van der Waals surface area contributed by atoms with Crippen molar-refractivity contribution in [3.8, 4) is 17.2 Å². The lowest BCUT2D eigenvalue weighted by molar-refractivity contribution is 0.0687. The molecule has 0 spiro atoms. The van der Waals surface area contributed by atoms with E-state index in [1.54, 1.807) is 0 Å². The summed E-state index contributed by atoms with van der Waals surface area (Å²) in [6.45, 7) is 4.44. The molecular formula is C17H26O5. The lowest BCUT2D eigenvalue weighted by Gasteiger charge is -2.16. The van der Waals surface area contributed by atoms with Gasteiger partial charge in [-0.25, -0.2) is 4.79 Å². The van der Waals surface area contributed by atoms with Crippen LogP contribution in [0.4, 0.5) is 0 Å². The summed E-state index contributed by atoms with van der Waals surface area (Å²) in [6, 6.07) is 1.41. The fraction of sp³-hybridized carbons (Fsp3) is 0.588. The molecule has 0 aliphatic carbocycles. The average Bonchev–Trinajstić information content (AvgIpc) is 2.48. The second-order valence-electron chi connectivity index (χ2n) is 5.43. The smallest absolute Gasteiger partial charge is 0.343 e. The van der Waals surface area contributed by atoms with E-state index in [9.17, 15) is 20.1 Å². The van der Waals surface area contributed by atoms with Crippen LogP contribution in [-0.2, 0) is 6.42 Å². The van der Waals surface area contributed by atoms with Crippen molar-refractivity contribution in [2.75, 3.05) is 6.61 Å². The largest absolute Gasteiger partial charge is 0.504 e. The molecule has 0 aliphatic heterocycles. The Kier molecular flexibility index (Phi) is 7.57. The van der Waals surface area contributed by atoms with E-state index in [1.165, 1.54) is 12.5 Å². The van der Waals surface area contributed by atoms with Crippen LogP contribution in [0, 0.1) is 0 Å². The normalized spacial score (nSPS) is 10.6. The third-order valence-electron chi connectivity index (χ3n) is 3.52. The van der Waals surface area contributed by atoms with Crippen LogP contribution in [-0.4, -0.2) is 27.9 Å². The number of phenols is 2. The number of hydrogen-bond acceptors (Lipinski definition) is 4. The lowest BCUT2D eigenvalue weighted by Crippen LogP contribution is -2.07. The summed E-state index contributed by atoms with van der Waals surface area (Å²) in [5, 5.41) is 28.8. The first kappa shape index (κ1) is 18.1. The van der Waals surface area contributed by atoms with Gasteiger partial charge in [-0.2, -0.15) is 0 Å². The molecule has 0 atom stereocenters. The molecule has 1 aromatic rings. The van der Waals surface area contributed by atoms with Crippen molar-refractivity contribution < 1.29 is 24.9 Å². The Morgan fingerprint density at radius 2 is 1.77 bits per heavy atom. The molecule has 3 N–H and O–H groups in total. The molecule has 22 heavy (non-hydrogen) atoms. The van der Waals surface area contributed by atoms with E-state index in [0.717, 1.165) is 32.1 Å². The highest BCUT2D eigenvalue weighted by molar-refractivity contribution is 5.95. The molecule has 5 nitrogen and oxygen atoms in total. The summed E-state index contributed by atoms with van der Waals surface area (Å²) >= 11 is 0. The second kappa shape index (κ2) is 9.18. The number of benzene rings is 1. The summed E-state index contributed by atoms with van der Waals surface area (Å²) in [7, 11) is 0. The maximum atomic E-state index is 11.4. The van der Waals surface area contributed by atoms with E-state index >= 15 is 0 Å². The van der Waals surface area contributed by atoms with E-state index < -0.39 is 17.5 Å². The first-order chi connectivity index (χ1) is 10.5. The third kappa shape index (κ3) is 4.83. The number of hydrogen-bond donors (Lipinski definition) is 3. The Morgan fingerprint density at radius 3 is 2.36 bits per heavy atom. The maximum absolute atomic E-state index is 11.4. The third-order valence-corrected chi connectivity index (χ3v) is 3.52. The highest BCUT2D eigenvalue weighted by atomic mass is 16.5. The molecule has 0 saturated carbocycles. The van der Waals surface area contributed by atoms with Gasteiger partial charge in [0.2, 0.25) is 0 Å². The van der Waals surface area contributed by atoms with Gasteiger partial charge in [-0.1, -0.05) is 39.5 Å². The molecule has 0 heterocycles. The highest BCUT2D eigenvalue weighted by Gasteiger charge is 2.24. The Morgan fingerprint density at radius 1 is 1.09 bits per heavy atom. The number of carboxylic acids is 1. The summed E-state index contributed by atoms with van der Waals surface area (Å²) in [4.78, 5) is 11.4. The number of carboxylic acid groups (broad SMARTS) is 1. The van der Waals surface area contributed by atoms with Crippen molar-refractivity contribution in [3.63, 3.8) is 0 Å². The number of carbonyl (C=O) groups is 1. The predicted octanol–water partition coefficient (Wildman–Crippen LogP) is 4.10. The van der Waals surface area contributed by atoms with Gasteiger partial charge in [-0.15, -0.1) is 0 Å². The van der Waals surface area contributed by atoms with Crippen LogP contribution in [0.3, 0.4) is 0 Å². The number of phenolic OH excluding ortho intramolecular Hbond substituents is 1. The van der Waals surface area contributed by atoms with Gasteiger partial charge in [0.05, 0.1) is 6.61 Å². The van der Waals surface area contributed by atoms with Crippen molar-refractivity contribution in [2.24, 2.45) is 0 Å². The zero-order chi connectivity index (χ0) is 16.5. The molecule has 0 amide bonds. The minimum Gasteiger partial charge on any atom is -0.504 e. The van der Waals surface area contributed by atoms with Gasteiger partial charge in [0.1, 0.15) is 11.3 Å². The standard InChI is InChI=1S/C17H26O5/c1-3-5-6-7-8-9-12-11-13(18)15(19)14(17(20)21)16(12)22-10-4-2/h11,18-19H,3-10H2,1-2H3,(H,20,21). The van der Waals surface area contributed by atoms with E-state index in [4.69, 9.17) is 4.74 Å². The van der Waals surface area contributed by atoms with E-state index in [-0.39, 0.29) is 11.3 Å². The van der Waals surface area contributed by atoms with Crippen LogP contribution < -0.4 is 4.74 Å². The SMILES string of the molecule is CCCCCCCc1cc(O)c(O)c(C(=O)O)c1OCCC. The zero-order valence-corrected chi connectivity index (χ0v) is 13.4. The first-order valence-electron chi connectivity index (χ1n) is 7.96. The van der Waals surface area contributed by atoms with Crippen LogP contribution in [0.1, 0.15) is 68.3 Å². The average molecular weight is 310 g/mol. The summed E-state index contributed by atoms with van der Waals surface area (Å²) in [6.07, 6.45) is 6.77. The maximum Gasteiger partial charge on any atom is 0.343 e. The van der Waals surface area contributed by atoms with E-state index in [1.807, 2.05) is 6.92 Å². The molecule has 5 heteroatoms. The Labute approximate surface area is 131 Å². The Balaban J connectivity index is 2.99. The Bertz CT molecular complexity index is 496. The van der Waals surface area contributed by atoms with Crippen molar-refractivity contribution in [2.45, 2.75) is 58.8 Å². The van der Waals surface area contributed by atoms with Crippen LogP contribution in [0.2, 0.25) is 0 Å². The minimum atomic E-state index is -1.30. The minimum absolute atomic E-state index is 0.181.